The van der Waals surface area contributed by atoms with Gasteiger partial charge in [-0.05, 0) is 86.9 Å². The number of nitrogens with one attached hydrogen (secondary N) is 1. The minimum Gasteiger partial charge on any atom is -0.496 e. The molecule has 2 aliphatic rings. The van der Waals surface area contributed by atoms with Crippen LogP contribution in [-0.4, -0.2) is 36.0 Å². The van der Waals surface area contributed by atoms with E-state index in [0.29, 0.717) is 5.92 Å². The highest BCUT2D eigenvalue weighted by Gasteiger charge is 2.29. The maximum Gasteiger partial charge on any atom is 0.217 e. The number of nitrogens with zero attached hydrogens (tertiary/aromatic N) is 2. The molecule has 2 aromatic rings. The number of hydrogen-bond acceptors (Lipinski definition) is 4. The summed E-state index contributed by atoms with van der Waals surface area (Å²) in [7, 11) is 1.78. The summed E-state index contributed by atoms with van der Waals surface area (Å²) in [5.74, 6) is 1.44. The number of piperidine rings is 1. The number of carbonyl (C=O) groups is 1. The number of rotatable bonds is 6. The highest BCUT2D eigenvalue weighted by atomic mass is 16.5. The molecule has 0 spiro atoms. The van der Waals surface area contributed by atoms with Gasteiger partial charge in [-0.25, -0.2) is 0 Å². The van der Waals surface area contributed by atoms with E-state index in [4.69, 9.17) is 4.74 Å². The lowest BCUT2D eigenvalue weighted by Gasteiger charge is -2.36. The van der Waals surface area contributed by atoms with Crippen molar-refractivity contribution in [2.24, 2.45) is 5.92 Å². The largest absolute Gasteiger partial charge is 0.496 e. The fourth-order valence-electron chi connectivity index (χ4n) is 5.03. The van der Waals surface area contributed by atoms with Crippen LogP contribution in [0.25, 0.3) is 0 Å². The third-order valence-electron chi connectivity index (χ3n) is 6.61. The van der Waals surface area contributed by atoms with E-state index >= 15 is 0 Å². The molecule has 1 aliphatic carbocycles. The van der Waals surface area contributed by atoms with E-state index in [-0.39, 0.29) is 11.9 Å². The van der Waals surface area contributed by atoms with Crippen LogP contribution in [0, 0.1) is 5.92 Å². The first-order valence-corrected chi connectivity index (χ1v) is 11.2. The quantitative estimate of drug-likeness (QED) is 0.785. The van der Waals surface area contributed by atoms with E-state index in [1.165, 1.54) is 42.4 Å². The molecule has 1 N–H and O–H groups in total. The van der Waals surface area contributed by atoms with Gasteiger partial charge in [0.1, 0.15) is 5.75 Å². The van der Waals surface area contributed by atoms with Crippen molar-refractivity contribution in [2.45, 2.75) is 58.0 Å². The lowest BCUT2D eigenvalue weighted by Crippen LogP contribution is -2.40. The highest BCUT2D eigenvalue weighted by Crippen LogP contribution is 2.33. The van der Waals surface area contributed by atoms with Gasteiger partial charge in [0.2, 0.25) is 5.91 Å². The number of methoxy groups -OCH3 is 1. The van der Waals surface area contributed by atoms with Gasteiger partial charge in [0.05, 0.1) is 18.8 Å². The molecule has 0 radical (unpaired) electrons. The maximum absolute atomic E-state index is 11.8. The Morgan fingerprint density at radius 3 is 2.57 bits per heavy atom. The average Bonchev–Trinajstić information content (AvgIpc) is 2.78. The van der Waals surface area contributed by atoms with Crippen LogP contribution < -0.4 is 10.1 Å². The Hall–Kier alpha value is -2.40. The zero-order chi connectivity index (χ0) is 20.9. The second kappa shape index (κ2) is 9.61. The molecule has 2 heterocycles. The number of carbonyl (C=O) groups excluding carboxylic acids is 1. The van der Waals surface area contributed by atoms with Crippen molar-refractivity contribution in [1.82, 2.24) is 15.2 Å². The van der Waals surface area contributed by atoms with Gasteiger partial charge in [-0.1, -0.05) is 12.1 Å². The molecule has 4 rings (SSSR count). The molecule has 1 fully saturated rings. The zero-order valence-corrected chi connectivity index (χ0v) is 18.2. The Morgan fingerprint density at radius 1 is 1.20 bits per heavy atom. The fraction of sp³-hybridized carbons (Fsp3) is 0.520. The third-order valence-corrected chi connectivity index (χ3v) is 6.61. The molecular weight excluding hydrogens is 374 g/mol. The summed E-state index contributed by atoms with van der Waals surface area (Å²) in [6, 6.07) is 10.6. The predicted molar refractivity (Wildman–Crippen MR) is 118 cm³/mol. The van der Waals surface area contributed by atoms with Crippen LogP contribution in [0.5, 0.6) is 5.75 Å². The Balaban J connectivity index is 1.42. The van der Waals surface area contributed by atoms with E-state index in [1.54, 1.807) is 14.0 Å². The standard InChI is InChI=1S/C25H33N3O2/c1-18(29)27-25(23-9-5-6-12-26-23)19-10-13-28(14-11-19)17-22-15-20-7-3-4-8-21(20)16-24(22)30-2/h5-6,9,12,15-16,19,25H,3-4,7-8,10-11,13-14,17H2,1-2H3,(H,27,29)/t25-/m1/s1. The van der Waals surface area contributed by atoms with E-state index in [0.717, 1.165) is 43.9 Å². The van der Waals surface area contributed by atoms with Gasteiger partial charge < -0.3 is 10.1 Å². The molecular formula is C25H33N3O2. The molecule has 1 atom stereocenters. The monoisotopic (exact) mass is 407 g/mol. The van der Waals surface area contributed by atoms with Crippen molar-refractivity contribution in [3.8, 4) is 5.75 Å². The molecule has 1 aromatic heterocycles. The van der Waals surface area contributed by atoms with E-state index < -0.39 is 0 Å². The number of amides is 1. The normalized spacial score (nSPS) is 18.5. The summed E-state index contributed by atoms with van der Waals surface area (Å²) < 4.78 is 5.73. The molecule has 0 saturated carbocycles. The third kappa shape index (κ3) is 4.84. The van der Waals surface area contributed by atoms with Crippen LogP contribution in [0.2, 0.25) is 0 Å². The van der Waals surface area contributed by atoms with E-state index in [9.17, 15) is 4.79 Å². The first-order chi connectivity index (χ1) is 14.6. The van der Waals surface area contributed by atoms with Crippen molar-refractivity contribution in [3.05, 3.63) is 58.9 Å². The van der Waals surface area contributed by atoms with Gasteiger partial charge >= 0.3 is 0 Å². The van der Waals surface area contributed by atoms with Crippen LogP contribution in [0.4, 0.5) is 0 Å². The minimum absolute atomic E-state index is 0.00637. The van der Waals surface area contributed by atoms with Gasteiger partial charge in [-0.15, -0.1) is 0 Å². The summed E-state index contributed by atoms with van der Waals surface area (Å²) in [6.07, 6.45) is 8.86. The van der Waals surface area contributed by atoms with Crippen LogP contribution in [0.3, 0.4) is 0 Å². The van der Waals surface area contributed by atoms with Crippen molar-refractivity contribution >= 4 is 5.91 Å². The maximum atomic E-state index is 11.8. The zero-order valence-electron chi connectivity index (χ0n) is 18.2. The first-order valence-electron chi connectivity index (χ1n) is 11.2. The summed E-state index contributed by atoms with van der Waals surface area (Å²) in [4.78, 5) is 18.8. The molecule has 1 aliphatic heterocycles. The van der Waals surface area contributed by atoms with Crippen molar-refractivity contribution in [1.29, 1.82) is 0 Å². The van der Waals surface area contributed by atoms with Crippen LogP contribution in [-0.2, 0) is 24.2 Å². The predicted octanol–water partition coefficient (Wildman–Crippen LogP) is 4.06. The van der Waals surface area contributed by atoms with Crippen LogP contribution in [0.1, 0.15) is 61.0 Å². The number of hydrogen-bond donors (Lipinski definition) is 1. The molecule has 5 nitrogen and oxygen atoms in total. The van der Waals surface area contributed by atoms with Crippen molar-refractivity contribution in [3.63, 3.8) is 0 Å². The fourth-order valence-corrected chi connectivity index (χ4v) is 5.03. The lowest BCUT2D eigenvalue weighted by molar-refractivity contribution is -0.120. The number of pyridine rings is 1. The molecule has 5 heteroatoms. The number of aryl methyl sites for hydroxylation is 2. The van der Waals surface area contributed by atoms with Gasteiger partial charge in [-0.3, -0.25) is 14.7 Å². The number of likely N-dealkylation sites (tertiary alicyclic amines) is 1. The molecule has 0 unspecified atom stereocenters. The number of ether oxygens (including phenoxy) is 1. The molecule has 30 heavy (non-hydrogen) atoms. The molecule has 1 amide bonds. The van der Waals surface area contributed by atoms with E-state index in [1.807, 2.05) is 24.4 Å². The SMILES string of the molecule is COc1cc2c(cc1CN1CCC([C@@H](NC(C)=O)c3ccccn3)CC1)CCCC2. The molecule has 1 saturated heterocycles. The smallest absolute Gasteiger partial charge is 0.217 e. The number of benzene rings is 1. The van der Waals surface area contributed by atoms with Crippen molar-refractivity contribution in [2.75, 3.05) is 20.2 Å². The second-order valence-corrected chi connectivity index (χ2v) is 8.69. The number of aromatic nitrogens is 1. The Labute approximate surface area is 179 Å². The molecule has 0 bridgehead atoms. The second-order valence-electron chi connectivity index (χ2n) is 8.69. The van der Waals surface area contributed by atoms with Gasteiger partial charge in [0.15, 0.2) is 0 Å². The Morgan fingerprint density at radius 2 is 1.93 bits per heavy atom. The van der Waals surface area contributed by atoms with E-state index in [2.05, 4.69) is 27.3 Å². The summed E-state index contributed by atoms with van der Waals surface area (Å²) in [5, 5.41) is 3.14. The summed E-state index contributed by atoms with van der Waals surface area (Å²) in [5.41, 5.74) is 5.24. The van der Waals surface area contributed by atoms with Gasteiger partial charge in [-0.2, -0.15) is 0 Å². The lowest BCUT2D eigenvalue weighted by atomic mass is 9.86. The van der Waals surface area contributed by atoms with Crippen LogP contribution >= 0.6 is 0 Å². The molecule has 160 valence electrons. The number of fused-ring (bicyclic) bond motifs is 1. The minimum atomic E-state index is -0.0101. The van der Waals surface area contributed by atoms with Gasteiger partial charge in [0, 0.05) is 25.2 Å². The topological polar surface area (TPSA) is 54.5 Å². The average molecular weight is 408 g/mol. The summed E-state index contributed by atoms with van der Waals surface area (Å²) in [6.45, 7) is 4.56. The van der Waals surface area contributed by atoms with Crippen LogP contribution in [0.15, 0.2) is 36.5 Å². The highest BCUT2D eigenvalue weighted by molar-refractivity contribution is 5.73. The van der Waals surface area contributed by atoms with Crippen molar-refractivity contribution < 1.29 is 9.53 Å². The first kappa shape index (κ1) is 20.9. The Kier molecular flexibility index (Phi) is 6.68. The summed E-state index contributed by atoms with van der Waals surface area (Å²) >= 11 is 0. The molecule has 1 aromatic carbocycles. The Bertz CT molecular complexity index is 860. The van der Waals surface area contributed by atoms with Gasteiger partial charge in [0.25, 0.3) is 0 Å².